The van der Waals surface area contributed by atoms with Crippen molar-refractivity contribution in [2.24, 2.45) is 5.73 Å². The molecule has 1 saturated heterocycles. The number of rotatable bonds is 1. The van der Waals surface area contributed by atoms with E-state index >= 15 is 0 Å². The highest BCUT2D eigenvalue weighted by molar-refractivity contribution is 5.95. The lowest BCUT2D eigenvalue weighted by Gasteiger charge is -2.36. The fourth-order valence-electron chi connectivity index (χ4n) is 1.58. The van der Waals surface area contributed by atoms with E-state index in [1.165, 1.54) is 0 Å². The number of likely N-dealkylation sites (tertiary alicyclic amines) is 1. The summed E-state index contributed by atoms with van der Waals surface area (Å²) < 4.78 is 0. The van der Waals surface area contributed by atoms with Crippen molar-refractivity contribution < 1.29 is 4.79 Å². The molecular formula is C11H11N3O. The van der Waals surface area contributed by atoms with Crippen LogP contribution in [-0.2, 0) is 0 Å². The van der Waals surface area contributed by atoms with E-state index in [9.17, 15) is 4.79 Å². The Hall–Kier alpha value is -1.86. The monoisotopic (exact) mass is 201 g/mol. The normalized spacial score (nSPS) is 15.6. The van der Waals surface area contributed by atoms with Crippen LogP contribution in [0.2, 0.25) is 0 Å². The maximum atomic E-state index is 11.8. The van der Waals surface area contributed by atoms with Crippen LogP contribution in [0.4, 0.5) is 0 Å². The molecular weight excluding hydrogens is 190 g/mol. The predicted molar refractivity (Wildman–Crippen MR) is 55.0 cm³/mol. The molecule has 1 aliphatic heterocycles. The van der Waals surface area contributed by atoms with Crippen LogP contribution in [0, 0.1) is 11.3 Å². The van der Waals surface area contributed by atoms with Crippen LogP contribution in [0.1, 0.15) is 15.9 Å². The molecule has 76 valence electrons. The second kappa shape index (κ2) is 3.71. The van der Waals surface area contributed by atoms with Crippen molar-refractivity contribution in [3.8, 4) is 6.07 Å². The minimum absolute atomic E-state index is 0.0474. The average molecular weight is 201 g/mol. The van der Waals surface area contributed by atoms with Crippen LogP contribution in [0.5, 0.6) is 0 Å². The van der Waals surface area contributed by atoms with Gasteiger partial charge in [0.1, 0.15) is 0 Å². The Labute approximate surface area is 87.9 Å². The Bertz CT molecular complexity index is 430. The molecule has 0 bridgehead atoms. The molecule has 0 aliphatic carbocycles. The summed E-state index contributed by atoms with van der Waals surface area (Å²) in [6.07, 6.45) is 0. The Morgan fingerprint density at radius 1 is 1.53 bits per heavy atom. The van der Waals surface area contributed by atoms with Crippen molar-refractivity contribution in [1.82, 2.24) is 4.90 Å². The van der Waals surface area contributed by atoms with Crippen LogP contribution in [-0.4, -0.2) is 29.9 Å². The number of benzene rings is 1. The number of nitrogens with zero attached hydrogens (tertiary/aromatic N) is 2. The third-order valence-electron chi connectivity index (χ3n) is 2.44. The molecule has 4 heteroatoms. The first-order chi connectivity index (χ1) is 7.20. The number of hydrogen-bond acceptors (Lipinski definition) is 3. The Balaban J connectivity index is 2.16. The van der Waals surface area contributed by atoms with Gasteiger partial charge in [-0.15, -0.1) is 0 Å². The van der Waals surface area contributed by atoms with Gasteiger partial charge in [-0.1, -0.05) is 6.07 Å². The van der Waals surface area contributed by atoms with Gasteiger partial charge in [-0.3, -0.25) is 4.79 Å². The molecule has 2 rings (SSSR count). The van der Waals surface area contributed by atoms with Gasteiger partial charge in [0.2, 0.25) is 0 Å². The van der Waals surface area contributed by atoms with Crippen molar-refractivity contribution in [2.75, 3.05) is 13.1 Å². The van der Waals surface area contributed by atoms with Crippen LogP contribution < -0.4 is 5.73 Å². The number of amides is 1. The van der Waals surface area contributed by atoms with E-state index in [0.717, 1.165) is 0 Å². The van der Waals surface area contributed by atoms with Gasteiger partial charge in [0.25, 0.3) is 5.91 Å². The summed E-state index contributed by atoms with van der Waals surface area (Å²) in [6, 6.07) is 8.83. The molecule has 1 aliphatic rings. The van der Waals surface area contributed by atoms with Gasteiger partial charge in [0, 0.05) is 24.7 Å². The van der Waals surface area contributed by atoms with Crippen molar-refractivity contribution in [3.05, 3.63) is 35.4 Å². The second-order valence-electron chi connectivity index (χ2n) is 3.66. The molecule has 1 amide bonds. The van der Waals surface area contributed by atoms with Gasteiger partial charge in [-0.25, -0.2) is 0 Å². The molecule has 0 saturated carbocycles. The Morgan fingerprint density at radius 2 is 2.27 bits per heavy atom. The molecule has 0 radical (unpaired) electrons. The molecule has 1 heterocycles. The van der Waals surface area contributed by atoms with E-state index in [1.54, 1.807) is 29.2 Å². The molecule has 0 atom stereocenters. The van der Waals surface area contributed by atoms with Crippen molar-refractivity contribution in [3.63, 3.8) is 0 Å². The first-order valence-electron chi connectivity index (χ1n) is 4.75. The van der Waals surface area contributed by atoms with Gasteiger partial charge in [0.15, 0.2) is 0 Å². The zero-order chi connectivity index (χ0) is 10.8. The summed E-state index contributed by atoms with van der Waals surface area (Å²) in [7, 11) is 0. The third-order valence-corrected chi connectivity index (χ3v) is 2.44. The first kappa shape index (κ1) is 9.69. The molecule has 0 unspecified atom stereocenters. The Kier molecular flexibility index (Phi) is 2.40. The maximum Gasteiger partial charge on any atom is 0.254 e. The zero-order valence-electron chi connectivity index (χ0n) is 8.18. The molecule has 2 N–H and O–H groups in total. The van der Waals surface area contributed by atoms with Crippen molar-refractivity contribution >= 4 is 5.91 Å². The second-order valence-corrected chi connectivity index (χ2v) is 3.66. The molecule has 1 aromatic carbocycles. The fraction of sp³-hybridized carbons (Fsp3) is 0.273. The van der Waals surface area contributed by atoms with E-state index in [-0.39, 0.29) is 11.9 Å². The summed E-state index contributed by atoms with van der Waals surface area (Å²) in [6.45, 7) is 1.21. The molecule has 0 aromatic heterocycles. The van der Waals surface area contributed by atoms with Gasteiger partial charge >= 0.3 is 0 Å². The van der Waals surface area contributed by atoms with Crippen molar-refractivity contribution in [2.45, 2.75) is 6.04 Å². The minimum atomic E-state index is -0.0474. The highest BCUT2D eigenvalue weighted by Gasteiger charge is 2.28. The highest BCUT2D eigenvalue weighted by atomic mass is 16.2. The van der Waals surface area contributed by atoms with Crippen LogP contribution in [0.3, 0.4) is 0 Å². The number of nitriles is 1. The van der Waals surface area contributed by atoms with Crippen LogP contribution >= 0.6 is 0 Å². The predicted octanol–water partition coefficient (Wildman–Crippen LogP) is 0.341. The fourth-order valence-corrected chi connectivity index (χ4v) is 1.58. The van der Waals surface area contributed by atoms with Gasteiger partial charge < -0.3 is 10.6 Å². The highest BCUT2D eigenvalue weighted by Crippen LogP contribution is 2.13. The smallest absolute Gasteiger partial charge is 0.254 e. The number of hydrogen-bond donors (Lipinski definition) is 1. The van der Waals surface area contributed by atoms with Gasteiger partial charge in [-0.05, 0) is 18.2 Å². The number of nitrogens with two attached hydrogens (primary N) is 1. The summed E-state index contributed by atoms with van der Waals surface area (Å²) in [5.74, 6) is -0.0474. The quantitative estimate of drug-likeness (QED) is 0.712. The van der Waals surface area contributed by atoms with E-state index < -0.39 is 0 Å². The topological polar surface area (TPSA) is 70.1 Å². The summed E-state index contributed by atoms with van der Waals surface area (Å²) in [4.78, 5) is 13.5. The van der Waals surface area contributed by atoms with E-state index in [0.29, 0.717) is 24.2 Å². The molecule has 4 nitrogen and oxygen atoms in total. The van der Waals surface area contributed by atoms with E-state index in [2.05, 4.69) is 0 Å². The molecule has 1 aromatic rings. The van der Waals surface area contributed by atoms with E-state index in [4.69, 9.17) is 11.0 Å². The summed E-state index contributed by atoms with van der Waals surface area (Å²) in [5.41, 5.74) is 6.66. The minimum Gasteiger partial charge on any atom is -0.335 e. The largest absolute Gasteiger partial charge is 0.335 e. The lowest BCUT2D eigenvalue weighted by atomic mass is 10.1. The first-order valence-corrected chi connectivity index (χ1v) is 4.75. The lowest BCUT2D eigenvalue weighted by Crippen LogP contribution is -2.57. The van der Waals surface area contributed by atoms with Gasteiger partial charge in [0.05, 0.1) is 11.6 Å². The van der Waals surface area contributed by atoms with Crippen molar-refractivity contribution in [1.29, 1.82) is 5.26 Å². The number of carbonyl (C=O) groups is 1. The summed E-state index contributed by atoms with van der Waals surface area (Å²) in [5, 5.41) is 8.70. The lowest BCUT2D eigenvalue weighted by molar-refractivity contribution is 0.0608. The average Bonchev–Trinajstić information content (AvgIpc) is 2.24. The maximum absolute atomic E-state index is 11.8. The molecule has 15 heavy (non-hydrogen) atoms. The summed E-state index contributed by atoms with van der Waals surface area (Å²) >= 11 is 0. The van der Waals surface area contributed by atoms with Crippen LogP contribution in [0.15, 0.2) is 24.3 Å². The zero-order valence-corrected chi connectivity index (χ0v) is 8.18. The van der Waals surface area contributed by atoms with Crippen LogP contribution in [0.25, 0.3) is 0 Å². The van der Waals surface area contributed by atoms with Gasteiger partial charge in [-0.2, -0.15) is 5.26 Å². The molecule has 0 spiro atoms. The third kappa shape index (κ3) is 1.83. The van der Waals surface area contributed by atoms with E-state index in [1.807, 2.05) is 6.07 Å². The SMILES string of the molecule is N#Cc1cccc(C(=O)N2CC(N)C2)c1. The molecule has 1 fully saturated rings. The number of carbonyl (C=O) groups excluding carboxylic acids is 1. The standard InChI is InChI=1S/C11H11N3O/c12-5-8-2-1-3-9(4-8)11(15)14-6-10(13)7-14/h1-4,10H,6-7,13H2. The Morgan fingerprint density at radius 3 is 2.87 bits per heavy atom.